The summed E-state index contributed by atoms with van der Waals surface area (Å²) in [5.74, 6) is -0.310. The normalized spacial score (nSPS) is 9.94. The summed E-state index contributed by atoms with van der Waals surface area (Å²) in [5.41, 5.74) is 10.3. The van der Waals surface area contributed by atoms with Gasteiger partial charge in [-0.25, -0.2) is 4.98 Å². The summed E-state index contributed by atoms with van der Waals surface area (Å²) >= 11 is 0. The number of nitro groups is 1. The number of nitrogens with zero attached hydrogens (tertiary/aromatic N) is 3. The summed E-state index contributed by atoms with van der Waals surface area (Å²) in [6.07, 6.45) is 0. The molecule has 0 saturated carbocycles. The molecule has 1 rings (SSSR count). The van der Waals surface area contributed by atoms with Gasteiger partial charge in [-0.2, -0.15) is 0 Å². The second-order valence-corrected chi connectivity index (χ2v) is 3.31. The molecule has 0 aromatic carbocycles. The van der Waals surface area contributed by atoms with Crippen LogP contribution in [0.25, 0.3) is 0 Å². The highest BCUT2D eigenvalue weighted by Gasteiger charge is 2.16. The molecule has 1 heterocycles. The maximum atomic E-state index is 10.8. The molecule has 4 N–H and O–H groups in total. The van der Waals surface area contributed by atoms with E-state index in [1.165, 1.54) is 12.1 Å². The maximum absolute atomic E-state index is 10.8. The summed E-state index contributed by atoms with van der Waals surface area (Å²) < 4.78 is 0. The molecular weight excluding hydrogens is 226 g/mol. The van der Waals surface area contributed by atoms with Crippen LogP contribution in [0, 0.1) is 10.1 Å². The van der Waals surface area contributed by atoms with Gasteiger partial charge in [0.25, 0.3) is 0 Å². The quantitative estimate of drug-likeness (QED) is 0.544. The van der Waals surface area contributed by atoms with Gasteiger partial charge in [0.1, 0.15) is 5.82 Å². The van der Waals surface area contributed by atoms with E-state index in [1.54, 1.807) is 4.90 Å². The number of hydrogen-bond acceptors (Lipinski definition) is 6. The first kappa shape index (κ1) is 12.7. The van der Waals surface area contributed by atoms with Crippen LogP contribution >= 0.6 is 0 Å². The Morgan fingerprint density at radius 3 is 2.65 bits per heavy atom. The van der Waals surface area contributed by atoms with Crippen molar-refractivity contribution in [3.63, 3.8) is 0 Å². The average Bonchev–Trinajstić information content (AvgIpc) is 2.24. The Bertz CT molecular complexity index is 448. The van der Waals surface area contributed by atoms with Crippen LogP contribution in [0.2, 0.25) is 0 Å². The lowest BCUT2D eigenvalue weighted by molar-refractivity contribution is -0.384. The number of anilines is 2. The van der Waals surface area contributed by atoms with Gasteiger partial charge >= 0.3 is 5.69 Å². The van der Waals surface area contributed by atoms with Crippen LogP contribution in [0.4, 0.5) is 17.3 Å². The number of carbonyl (C=O) groups is 1. The fourth-order valence-corrected chi connectivity index (χ4v) is 1.33. The van der Waals surface area contributed by atoms with Crippen molar-refractivity contribution in [1.29, 1.82) is 0 Å². The Labute approximate surface area is 97.4 Å². The average molecular weight is 239 g/mol. The number of carbonyl (C=O) groups excluding carboxylic acids is 1. The van der Waals surface area contributed by atoms with Crippen LogP contribution in [-0.4, -0.2) is 28.9 Å². The fraction of sp³-hybridized carbons (Fsp3) is 0.333. The predicted molar refractivity (Wildman–Crippen MR) is 62.4 cm³/mol. The van der Waals surface area contributed by atoms with Crippen molar-refractivity contribution < 1.29 is 9.72 Å². The molecular formula is C9H13N5O3. The number of pyridine rings is 1. The molecule has 0 unspecified atom stereocenters. The third kappa shape index (κ3) is 3.03. The number of hydrogen-bond donors (Lipinski definition) is 2. The lowest BCUT2D eigenvalue weighted by Gasteiger charge is -2.19. The van der Waals surface area contributed by atoms with Gasteiger partial charge in [0.05, 0.1) is 11.5 Å². The van der Waals surface area contributed by atoms with E-state index >= 15 is 0 Å². The maximum Gasteiger partial charge on any atom is 0.311 e. The Kier molecular flexibility index (Phi) is 3.81. The van der Waals surface area contributed by atoms with Crippen molar-refractivity contribution in [2.45, 2.75) is 6.92 Å². The van der Waals surface area contributed by atoms with Crippen LogP contribution in [0.15, 0.2) is 12.1 Å². The minimum Gasteiger partial charge on any atom is -0.378 e. The minimum absolute atomic E-state index is 0.0131. The van der Waals surface area contributed by atoms with Crippen molar-refractivity contribution in [2.75, 3.05) is 23.7 Å². The molecule has 1 aromatic rings. The lowest BCUT2D eigenvalue weighted by Crippen LogP contribution is -2.34. The number of aromatic nitrogens is 1. The molecule has 1 amide bonds. The summed E-state index contributed by atoms with van der Waals surface area (Å²) in [6.45, 7) is 2.29. The predicted octanol–water partition coefficient (Wildman–Crippen LogP) is -0.116. The zero-order valence-corrected chi connectivity index (χ0v) is 9.29. The second-order valence-electron chi connectivity index (χ2n) is 3.31. The van der Waals surface area contributed by atoms with E-state index in [1.807, 2.05) is 6.92 Å². The zero-order valence-electron chi connectivity index (χ0n) is 9.29. The zero-order chi connectivity index (χ0) is 13.0. The van der Waals surface area contributed by atoms with Crippen LogP contribution in [0.1, 0.15) is 6.92 Å². The molecule has 17 heavy (non-hydrogen) atoms. The molecule has 8 heteroatoms. The smallest absolute Gasteiger partial charge is 0.311 e. The number of amides is 1. The fourth-order valence-electron chi connectivity index (χ4n) is 1.33. The van der Waals surface area contributed by atoms with E-state index in [0.717, 1.165) is 0 Å². The summed E-state index contributed by atoms with van der Waals surface area (Å²) in [6, 6.07) is 2.68. The minimum atomic E-state index is -0.615. The molecule has 0 atom stereocenters. The van der Waals surface area contributed by atoms with Crippen molar-refractivity contribution in [3.05, 3.63) is 22.2 Å². The van der Waals surface area contributed by atoms with Crippen LogP contribution in [0.3, 0.4) is 0 Å². The second kappa shape index (κ2) is 5.10. The van der Waals surface area contributed by atoms with Gasteiger partial charge in [0, 0.05) is 12.6 Å². The summed E-state index contributed by atoms with van der Waals surface area (Å²) in [5, 5.41) is 10.5. The number of primary amides is 1. The number of rotatable bonds is 5. The molecule has 0 bridgehead atoms. The summed E-state index contributed by atoms with van der Waals surface area (Å²) in [4.78, 5) is 26.2. The van der Waals surface area contributed by atoms with Gasteiger partial charge in [-0.15, -0.1) is 0 Å². The molecule has 0 saturated heterocycles. The third-order valence-corrected chi connectivity index (χ3v) is 2.14. The Hall–Kier alpha value is -2.38. The monoisotopic (exact) mass is 239 g/mol. The van der Waals surface area contributed by atoms with Gasteiger partial charge in [-0.1, -0.05) is 0 Å². The molecule has 92 valence electrons. The van der Waals surface area contributed by atoms with Crippen LogP contribution in [0.5, 0.6) is 0 Å². The van der Waals surface area contributed by atoms with E-state index in [-0.39, 0.29) is 18.1 Å². The van der Waals surface area contributed by atoms with Gasteiger partial charge in [-0.05, 0) is 13.0 Å². The Morgan fingerprint density at radius 2 is 2.24 bits per heavy atom. The van der Waals surface area contributed by atoms with E-state index in [2.05, 4.69) is 4.98 Å². The molecule has 0 spiro atoms. The Balaban J connectivity index is 3.02. The molecule has 0 fully saturated rings. The molecule has 0 aliphatic rings. The first-order valence-corrected chi connectivity index (χ1v) is 4.89. The van der Waals surface area contributed by atoms with E-state index in [0.29, 0.717) is 12.4 Å². The van der Waals surface area contributed by atoms with Crippen molar-refractivity contribution >= 4 is 23.2 Å². The number of nitrogen functional groups attached to an aromatic ring is 1. The first-order valence-electron chi connectivity index (χ1n) is 4.89. The summed E-state index contributed by atoms with van der Waals surface area (Å²) in [7, 11) is 0. The highest BCUT2D eigenvalue weighted by molar-refractivity contribution is 5.79. The van der Waals surface area contributed by atoms with Crippen LogP contribution < -0.4 is 16.4 Å². The largest absolute Gasteiger partial charge is 0.378 e. The third-order valence-electron chi connectivity index (χ3n) is 2.14. The van der Waals surface area contributed by atoms with Crippen molar-refractivity contribution in [2.24, 2.45) is 5.73 Å². The van der Waals surface area contributed by atoms with E-state index in [4.69, 9.17) is 11.5 Å². The van der Waals surface area contributed by atoms with Crippen molar-refractivity contribution in [1.82, 2.24) is 4.98 Å². The Morgan fingerprint density at radius 1 is 1.59 bits per heavy atom. The number of likely N-dealkylation sites (N-methyl/N-ethyl adjacent to an activating group) is 1. The number of nitrogens with two attached hydrogens (primary N) is 2. The lowest BCUT2D eigenvalue weighted by atomic mass is 10.3. The molecule has 8 nitrogen and oxygen atoms in total. The standard InChI is InChI=1S/C9H13N5O3/c1-2-13(5-7(10)15)8-4-3-6(14(16)17)9(11)12-8/h3-4H,2,5H2,1H3,(H2,10,15)(H2,11,12). The highest BCUT2D eigenvalue weighted by Crippen LogP contribution is 2.22. The van der Waals surface area contributed by atoms with Crippen LogP contribution in [-0.2, 0) is 4.79 Å². The van der Waals surface area contributed by atoms with Gasteiger partial charge < -0.3 is 16.4 Å². The van der Waals surface area contributed by atoms with E-state index in [9.17, 15) is 14.9 Å². The molecule has 0 aliphatic heterocycles. The topological polar surface area (TPSA) is 128 Å². The highest BCUT2D eigenvalue weighted by atomic mass is 16.6. The first-order chi connectivity index (χ1) is 7.95. The SMILES string of the molecule is CCN(CC(N)=O)c1ccc([N+](=O)[O-])c(N)n1. The van der Waals surface area contributed by atoms with Gasteiger partial charge in [-0.3, -0.25) is 14.9 Å². The molecule has 0 aliphatic carbocycles. The molecule has 0 radical (unpaired) electrons. The molecule has 1 aromatic heterocycles. The van der Waals surface area contributed by atoms with Crippen molar-refractivity contribution in [3.8, 4) is 0 Å². The van der Waals surface area contributed by atoms with Gasteiger partial charge in [0.15, 0.2) is 0 Å². The van der Waals surface area contributed by atoms with Gasteiger partial charge in [0.2, 0.25) is 11.7 Å². The van der Waals surface area contributed by atoms with E-state index < -0.39 is 10.8 Å².